The number of rotatable bonds is 7. The highest BCUT2D eigenvalue weighted by Gasteiger charge is 2.08. The van der Waals surface area contributed by atoms with E-state index in [4.69, 9.17) is 4.74 Å². The fraction of sp³-hybridized carbons (Fsp3) is 0.235. The fourth-order valence-electron chi connectivity index (χ4n) is 2.03. The van der Waals surface area contributed by atoms with Crippen molar-refractivity contribution in [3.8, 4) is 5.75 Å². The average Bonchev–Trinajstić information content (AvgIpc) is 2.58. The van der Waals surface area contributed by atoms with Gasteiger partial charge < -0.3 is 15.4 Å². The van der Waals surface area contributed by atoms with Crippen LogP contribution >= 0.6 is 0 Å². The van der Waals surface area contributed by atoms with Gasteiger partial charge in [-0.15, -0.1) is 0 Å². The molecular formula is C17H20N2O4S. The first-order chi connectivity index (χ1) is 11.4. The SMILES string of the molecule is COc1ccc(CNC(=O)CNc2cccc(S(C)(=O)=O)c2)cc1. The molecule has 0 aromatic heterocycles. The van der Waals surface area contributed by atoms with Gasteiger partial charge in [-0.25, -0.2) is 8.42 Å². The molecule has 6 nitrogen and oxygen atoms in total. The third kappa shape index (κ3) is 5.27. The molecule has 0 aliphatic rings. The molecule has 0 spiro atoms. The van der Waals surface area contributed by atoms with Crippen LogP contribution in [0.25, 0.3) is 0 Å². The summed E-state index contributed by atoms with van der Waals surface area (Å²) in [5.41, 5.74) is 1.54. The van der Waals surface area contributed by atoms with Gasteiger partial charge in [0, 0.05) is 18.5 Å². The van der Waals surface area contributed by atoms with Crippen LogP contribution in [-0.4, -0.2) is 34.2 Å². The van der Waals surface area contributed by atoms with Gasteiger partial charge in [-0.2, -0.15) is 0 Å². The lowest BCUT2D eigenvalue weighted by atomic mass is 10.2. The van der Waals surface area contributed by atoms with E-state index in [1.807, 2.05) is 24.3 Å². The van der Waals surface area contributed by atoms with E-state index >= 15 is 0 Å². The van der Waals surface area contributed by atoms with E-state index in [1.54, 1.807) is 19.2 Å². The van der Waals surface area contributed by atoms with Crippen LogP contribution in [0.15, 0.2) is 53.4 Å². The number of anilines is 1. The van der Waals surface area contributed by atoms with Crippen LogP contribution in [0.3, 0.4) is 0 Å². The minimum atomic E-state index is -3.27. The second kappa shape index (κ2) is 7.83. The molecule has 0 fully saturated rings. The Morgan fingerprint density at radius 2 is 1.83 bits per heavy atom. The van der Waals surface area contributed by atoms with Gasteiger partial charge in [0.1, 0.15) is 5.75 Å². The molecule has 0 heterocycles. The summed E-state index contributed by atoms with van der Waals surface area (Å²) in [6, 6.07) is 13.8. The van der Waals surface area contributed by atoms with Crippen molar-refractivity contribution in [3.05, 3.63) is 54.1 Å². The lowest BCUT2D eigenvalue weighted by Gasteiger charge is -2.09. The molecule has 2 N–H and O–H groups in total. The Morgan fingerprint density at radius 1 is 1.12 bits per heavy atom. The van der Waals surface area contributed by atoms with Crippen LogP contribution in [0, 0.1) is 0 Å². The lowest BCUT2D eigenvalue weighted by Crippen LogP contribution is -2.29. The van der Waals surface area contributed by atoms with Crippen molar-refractivity contribution in [1.29, 1.82) is 0 Å². The summed E-state index contributed by atoms with van der Waals surface area (Å²) >= 11 is 0. The number of benzene rings is 2. The molecule has 0 aliphatic heterocycles. The van der Waals surface area contributed by atoms with Crippen molar-refractivity contribution in [2.45, 2.75) is 11.4 Å². The van der Waals surface area contributed by atoms with Gasteiger partial charge in [0.25, 0.3) is 0 Å². The summed E-state index contributed by atoms with van der Waals surface area (Å²) in [6.45, 7) is 0.470. The second-order valence-corrected chi connectivity index (χ2v) is 7.29. The van der Waals surface area contributed by atoms with E-state index in [2.05, 4.69) is 10.6 Å². The van der Waals surface area contributed by atoms with Crippen LogP contribution in [-0.2, 0) is 21.2 Å². The van der Waals surface area contributed by atoms with E-state index in [9.17, 15) is 13.2 Å². The quantitative estimate of drug-likeness (QED) is 0.797. The predicted octanol–water partition coefficient (Wildman–Crippen LogP) is 1.83. The highest BCUT2D eigenvalue weighted by Crippen LogP contribution is 2.15. The first-order valence-electron chi connectivity index (χ1n) is 7.32. The van der Waals surface area contributed by atoms with Gasteiger partial charge >= 0.3 is 0 Å². The molecule has 1 amide bonds. The minimum absolute atomic E-state index is 0.0589. The number of methoxy groups -OCH3 is 1. The largest absolute Gasteiger partial charge is 0.497 e. The zero-order valence-electron chi connectivity index (χ0n) is 13.6. The van der Waals surface area contributed by atoms with Crippen molar-refractivity contribution in [1.82, 2.24) is 5.32 Å². The second-order valence-electron chi connectivity index (χ2n) is 5.28. The molecule has 2 aromatic rings. The van der Waals surface area contributed by atoms with Crippen LogP contribution in [0.1, 0.15) is 5.56 Å². The van der Waals surface area contributed by atoms with Gasteiger partial charge in [0.05, 0.1) is 18.6 Å². The molecule has 2 rings (SSSR count). The van der Waals surface area contributed by atoms with Gasteiger partial charge in [0.15, 0.2) is 9.84 Å². The lowest BCUT2D eigenvalue weighted by molar-refractivity contribution is -0.119. The number of carbonyl (C=O) groups excluding carboxylic acids is 1. The molecule has 7 heteroatoms. The summed E-state index contributed by atoms with van der Waals surface area (Å²) in [6.07, 6.45) is 1.15. The monoisotopic (exact) mass is 348 g/mol. The van der Waals surface area contributed by atoms with E-state index in [0.29, 0.717) is 12.2 Å². The predicted molar refractivity (Wildman–Crippen MR) is 92.9 cm³/mol. The Kier molecular flexibility index (Phi) is 5.81. The topological polar surface area (TPSA) is 84.5 Å². The number of ether oxygens (including phenoxy) is 1. The van der Waals surface area contributed by atoms with Crippen LogP contribution in [0.4, 0.5) is 5.69 Å². The third-order valence-electron chi connectivity index (χ3n) is 3.36. The van der Waals surface area contributed by atoms with E-state index < -0.39 is 9.84 Å². The summed E-state index contributed by atoms with van der Waals surface area (Å²) < 4.78 is 28.1. The Morgan fingerprint density at radius 3 is 2.46 bits per heavy atom. The van der Waals surface area contributed by atoms with E-state index in [0.717, 1.165) is 17.6 Å². The maximum absolute atomic E-state index is 11.9. The summed E-state index contributed by atoms with van der Waals surface area (Å²) in [7, 11) is -1.67. The smallest absolute Gasteiger partial charge is 0.239 e. The van der Waals surface area contributed by atoms with E-state index in [1.165, 1.54) is 12.1 Å². The Hall–Kier alpha value is -2.54. The summed E-state index contributed by atoms with van der Waals surface area (Å²) in [5.74, 6) is 0.577. The third-order valence-corrected chi connectivity index (χ3v) is 4.47. The molecule has 0 bridgehead atoms. The Bertz CT molecular complexity index is 802. The number of carbonyl (C=O) groups is 1. The van der Waals surface area contributed by atoms with Crippen molar-refractivity contribution in [3.63, 3.8) is 0 Å². The maximum Gasteiger partial charge on any atom is 0.239 e. The van der Waals surface area contributed by atoms with Gasteiger partial charge in [0.2, 0.25) is 5.91 Å². The number of amides is 1. The molecule has 0 radical (unpaired) electrons. The Labute approximate surface area is 141 Å². The molecule has 0 aliphatic carbocycles. The molecule has 128 valence electrons. The highest BCUT2D eigenvalue weighted by molar-refractivity contribution is 7.90. The number of hydrogen-bond donors (Lipinski definition) is 2. The zero-order chi connectivity index (χ0) is 17.6. The molecule has 24 heavy (non-hydrogen) atoms. The van der Waals surface area contributed by atoms with Crippen LogP contribution < -0.4 is 15.4 Å². The number of hydrogen-bond acceptors (Lipinski definition) is 5. The van der Waals surface area contributed by atoms with Crippen molar-refractivity contribution in [2.24, 2.45) is 0 Å². The molecule has 2 aromatic carbocycles. The van der Waals surface area contributed by atoms with Gasteiger partial charge in [-0.3, -0.25) is 4.79 Å². The first kappa shape index (κ1) is 17.8. The molecule has 0 saturated heterocycles. The van der Waals surface area contributed by atoms with E-state index in [-0.39, 0.29) is 17.3 Å². The Balaban J connectivity index is 1.84. The maximum atomic E-state index is 11.9. The average molecular weight is 348 g/mol. The standard InChI is InChI=1S/C17H20N2O4S/c1-23-15-8-6-13(7-9-15)11-19-17(20)12-18-14-4-3-5-16(10-14)24(2,21)22/h3-10,18H,11-12H2,1-2H3,(H,19,20). The van der Waals surface area contributed by atoms with Crippen LogP contribution in [0.5, 0.6) is 5.75 Å². The molecule has 0 atom stereocenters. The normalized spacial score (nSPS) is 10.9. The molecular weight excluding hydrogens is 328 g/mol. The number of sulfone groups is 1. The zero-order valence-corrected chi connectivity index (χ0v) is 14.4. The number of nitrogens with one attached hydrogen (secondary N) is 2. The van der Waals surface area contributed by atoms with Gasteiger partial charge in [-0.1, -0.05) is 18.2 Å². The van der Waals surface area contributed by atoms with Gasteiger partial charge in [-0.05, 0) is 35.9 Å². The summed E-state index contributed by atoms with van der Waals surface area (Å²) in [4.78, 5) is 12.1. The van der Waals surface area contributed by atoms with Crippen molar-refractivity contribution >= 4 is 21.4 Å². The van der Waals surface area contributed by atoms with Crippen molar-refractivity contribution < 1.29 is 17.9 Å². The molecule has 0 saturated carbocycles. The first-order valence-corrected chi connectivity index (χ1v) is 9.21. The fourth-order valence-corrected chi connectivity index (χ4v) is 2.69. The van der Waals surface area contributed by atoms with Crippen LogP contribution in [0.2, 0.25) is 0 Å². The minimum Gasteiger partial charge on any atom is -0.497 e. The summed E-state index contributed by atoms with van der Waals surface area (Å²) in [5, 5.41) is 5.71. The highest BCUT2D eigenvalue weighted by atomic mass is 32.2. The van der Waals surface area contributed by atoms with Crippen molar-refractivity contribution in [2.75, 3.05) is 25.2 Å². The molecule has 0 unspecified atom stereocenters.